The molecule has 0 saturated heterocycles. The zero-order valence-corrected chi connectivity index (χ0v) is 15.6. The molecule has 7 heteroatoms. The predicted octanol–water partition coefficient (Wildman–Crippen LogP) is 2.40. The topological polar surface area (TPSA) is 96.5 Å². The molecule has 0 aliphatic rings. The number of benzene rings is 2. The van der Waals surface area contributed by atoms with Gasteiger partial charge in [-0.25, -0.2) is 0 Å². The molecule has 0 unspecified atom stereocenters. The van der Waals surface area contributed by atoms with Gasteiger partial charge >= 0.3 is 0 Å². The van der Waals surface area contributed by atoms with Crippen LogP contribution < -0.4 is 20.7 Å². The summed E-state index contributed by atoms with van der Waals surface area (Å²) in [6.07, 6.45) is 0. The third-order valence-electron chi connectivity index (χ3n) is 3.75. The van der Waals surface area contributed by atoms with E-state index in [2.05, 4.69) is 16.0 Å². The van der Waals surface area contributed by atoms with Gasteiger partial charge in [0.05, 0.1) is 12.2 Å². The Hall–Kier alpha value is -3.35. The second-order valence-electron chi connectivity index (χ2n) is 6.06. The van der Waals surface area contributed by atoms with Gasteiger partial charge in [0.15, 0.2) is 6.61 Å². The summed E-state index contributed by atoms with van der Waals surface area (Å²) in [4.78, 5) is 35.2. The Balaban J connectivity index is 1.83. The molecule has 2 aromatic rings. The van der Waals surface area contributed by atoms with E-state index in [1.54, 1.807) is 24.3 Å². The highest BCUT2D eigenvalue weighted by atomic mass is 16.5. The van der Waals surface area contributed by atoms with Gasteiger partial charge in [-0.1, -0.05) is 30.3 Å². The molecular formula is C20H23N3O4. The van der Waals surface area contributed by atoms with Crippen LogP contribution in [-0.4, -0.2) is 30.9 Å². The van der Waals surface area contributed by atoms with Crippen LogP contribution >= 0.6 is 0 Å². The van der Waals surface area contributed by atoms with Gasteiger partial charge in [-0.15, -0.1) is 0 Å². The standard InChI is InChI=1S/C20H23N3O4/c1-13-7-6-8-14(2)20(13)23-18(25)11-21-19(26)12-27-17-10-5-4-9-16(17)22-15(3)24/h4-10H,11-12H2,1-3H3,(H,21,26)(H,22,24)(H,23,25). The molecule has 0 aliphatic carbocycles. The fourth-order valence-corrected chi connectivity index (χ4v) is 2.45. The number of ether oxygens (including phenoxy) is 1. The van der Waals surface area contributed by atoms with Gasteiger partial charge in [-0.3, -0.25) is 14.4 Å². The molecule has 27 heavy (non-hydrogen) atoms. The fourth-order valence-electron chi connectivity index (χ4n) is 2.45. The van der Waals surface area contributed by atoms with E-state index >= 15 is 0 Å². The van der Waals surface area contributed by atoms with Crippen LogP contribution in [0.25, 0.3) is 0 Å². The highest BCUT2D eigenvalue weighted by molar-refractivity contribution is 5.96. The summed E-state index contributed by atoms with van der Waals surface area (Å²) in [5.41, 5.74) is 3.13. The number of carbonyl (C=O) groups is 3. The van der Waals surface area contributed by atoms with Crippen LogP contribution in [0.5, 0.6) is 5.75 Å². The van der Waals surface area contributed by atoms with Crippen LogP contribution in [0.3, 0.4) is 0 Å². The Morgan fingerprint density at radius 1 is 0.889 bits per heavy atom. The number of hydrogen-bond acceptors (Lipinski definition) is 4. The number of anilines is 2. The second kappa shape index (κ2) is 9.38. The molecule has 0 fully saturated rings. The number of rotatable bonds is 7. The highest BCUT2D eigenvalue weighted by Crippen LogP contribution is 2.23. The molecule has 0 heterocycles. The third-order valence-corrected chi connectivity index (χ3v) is 3.75. The summed E-state index contributed by atoms with van der Waals surface area (Å²) in [6, 6.07) is 12.5. The molecule has 142 valence electrons. The lowest BCUT2D eigenvalue weighted by atomic mass is 10.1. The van der Waals surface area contributed by atoms with Crippen LogP contribution in [0.1, 0.15) is 18.1 Å². The normalized spacial score (nSPS) is 10.0. The van der Waals surface area contributed by atoms with Gasteiger partial charge in [0.2, 0.25) is 11.8 Å². The SMILES string of the molecule is CC(=O)Nc1ccccc1OCC(=O)NCC(=O)Nc1c(C)cccc1C. The van der Waals surface area contributed by atoms with E-state index in [9.17, 15) is 14.4 Å². The molecule has 0 atom stereocenters. The first-order chi connectivity index (χ1) is 12.9. The van der Waals surface area contributed by atoms with Crippen molar-refractivity contribution in [3.8, 4) is 5.75 Å². The number of amides is 3. The second-order valence-corrected chi connectivity index (χ2v) is 6.06. The third kappa shape index (κ3) is 6.14. The first-order valence-corrected chi connectivity index (χ1v) is 8.49. The minimum Gasteiger partial charge on any atom is -0.482 e. The summed E-state index contributed by atoms with van der Waals surface area (Å²) in [5, 5.41) is 7.93. The number of hydrogen-bond donors (Lipinski definition) is 3. The minimum absolute atomic E-state index is 0.163. The lowest BCUT2D eigenvalue weighted by Gasteiger charge is -2.13. The van der Waals surface area contributed by atoms with Gasteiger partial charge < -0.3 is 20.7 Å². The molecule has 0 aromatic heterocycles. The van der Waals surface area contributed by atoms with E-state index in [4.69, 9.17) is 4.74 Å². The Bertz CT molecular complexity index is 829. The number of aryl methyl sites for hydroxylation is 2. The van der Waals surface area contributed by atoms with Gasteiger partial charge in [0.25, 0.3) is 5.91 Å². The molecule has 3 N–H and O–H groups in total. The molecule has 0 spiro atoms. The van der Waals surface area contributed by atoms with E-state index in [0.717, 1.165) is 16.8 Å². The molecule has 3 amide bonds. The minimum atomic E-state index is -0.440. The Labute approximate surface area is 158 Å². The van der Waals surface area contributed by atoms with Crippen molar-refractivity contribution in [3.05, 3.63) is 53.6 Å². The average Bonchev–Trinajstić information content (AvgIpc) is 2.62. The van der Waals surface area contributed by atoms with Crippen LogP contribution in [0.4, 0.5) is 11.4 Å². The van der Waals surface area contributed by atoms with E-state index in [1.807, 2.05) is 32.0 Å². The molecule has 0 bridgehead atoms. The number of carbonyl (C=O) groups excluding carboxylic acids is 3. The lowest BCUT2D eigenvalue weighted by Crippen LogP contribution is -2.36. The van der Waals surface area contributed by atoms with Crippen molar-refractivity contribution in [2.45, 2.75) is 20.8 Å². The van der Waals surface area contributed by atoms with E-state index < -0.39 is 5.91 Å². The van der Waals surface area contributed by atoms with Crippen molar-refractivity contribution < 1.29 is 19.1 Å². The van der Waals surface area contributed by atoms with Crippen molar-refractivity contribution >= 4 is 29.1 Å². The lowest BCUT2D eigenvalue weighted by molar-refractivity contribution is -0.125. The number of para-hydroxylation sites is 3. The average molecular weight is 369 g/mol. The van der Waals surface area contributed by atoms with E-state index in [1.165, 1.54) is 6.92 Å². The maximum Gasteiger partial charge on any atom is 0.258 e. The van der Waals surface area contributed by atoms with Crippen molar-refractivity contribution in [1.29, 1.82) is 0 Å². The van der Waals surface area contributed by atoms with Crippen molar-refractivity contribution in [2.24, 2.45) is 0 Å². The molecule has 0 saturated carbocycles. The van der Waals surface area contributed by atoms with Gasteiger partial charge in [-0.2, -0.15) is 0 Å². The molecule has 0 aliphatic heterocycles. The largest absolute Gasteiger partial charge is 0.482 e. The van der Waals surface area contributed by atoms with E-state index in [0.29, 0.717) is 11.4 Å². The van der Waals surface area contributed by atoms with Crippen LogP contribution in [0.15, 0.2) is 42.5 Å². The maximum absolute atomic E-state index is 12.1. The summed E-state index contributed by atoms with van der Waals surface area (Å²) in [6.45, 7) is 4.76. The zero-order valence-electron chi connectivity index (χ0n) is 15.6. The molecule has 7 nitrogen and oxygen atoms in total. The van der Waals surface area contributed by atoms with Crippen molar-refractivity contribution in [1.82, 2.24) is 5.32 Å². The summed E-state index contributed by atoms with van der Waals surface area (Å²) >= 11 is 0. The molecule has 2 rings (SSSR count). The number of nitrogens with one attached hydrogen (secondary N) is 3. The molecule has 2 aromatic carbocycles. The quantitative estimate of drug-likeness (QED) is 0.698. The monoisotopic (exact) mass is 369 g/mol. The Kier molecular flexibility index (Phi) is 6.93. The van der Waals surface area contributed by atoms with Crippen LogP contribution in [0.2, 0.25) is 0 Å². The first kappa shape index (κ1) is 20.0. The van der Waals surface area contributed by atoms with Gasteiger partial charge in [0, 0.05) is 12.6 Å². The van der Waals surface area contributed by atoms with Gasteiger partial charge in [0.1, 0.15) is 5.75 Å². The van der Waals surface area contributed by atoms with Crippen molar-refractivity contribution in [3.63, 3.8) is 0 Å². The van der Waals surface area contributed by atoms with Crippen molar-refractivity contribution in [2.75, 3.05) is 23.8 Å². The molecular weight excluding hydrogens is 346 g/mol. The summed E-state index contributed by atoms with van der Waals surface area (Å²) in [7, 11) is 0. The Morgan fingerprint density at radius 3 is 2.22 bits per heavy atom. The van der Waals surface area contributed by atoms with Crippen LogP contribution in [0, 0.1) is 13.8 Å². The van der Waals surface area contributed by atoms with Gasteiger partial charge in [-0.05, 0) is 37.1 Å². The summed E-state index contributed by atoms with van der Waals surface area (Å²) < 4.78 is 5.43. The van der Waals surface area contributed by atoms with Crippen LogP contribution in [-0.2, 0) is 14.4 Å². The van der Waals surface area contributed by atoms with E-state index in [-0.39, 0.29) is 25.0 Å². The smallest absolute Gasteiger partial charge is 0.258 e. The predicted molar refractivity (Wildman–Crippen MR) is 104 cm³/mol. The highest BCUT2D eigenvalue weighted by Gasteiger charge is 2.11. The fraction of sp³-hybridized carbons (Fsp3) is 0.250. The summed E-state index contributed by atoms with van der Waals surface area (Å²) in [5.74, 6) is -0.620. The zero-order chi connectivity index (χ0) is 19.8. The maximum atomic E-state index is 12.1. The Morgan fingerprint density at radius 2 is 1.56 bits per heavy atom. The first-order valence-electron chi connectivity index (χ1n) is 8.49. The molecule has 0 radical (unpaired) electrons.